The average Bonchev–Trinajstić information content (AvgIpc) is 0.722. The first-order valence-electron chi connectivity index (χ1n) is 0.730. The van der Waals surface area contributed by atoms with Gasteiger partial charge in [0.2, 0.25) is 0 Å². The van der Waals surface area contributed by atoms with Gasteiger partial charge in [-0.15, -0.1) is 0 Å². The quantitative estimate of drug-likeness (QED) is 0.320. The van der Waals surface area contributed by atoms with Gasteiger partial charge in [0, 0.05) is 0 Å². The summed E-state index contributed by atoms with van der Waals surface area (Å²) in [6.07, 6.45) is 0. The molecular weight excluding hydrogens is 229 g/mol. The molecule has 0 amide bonds. The van der Waals surface area contributed by atoms with E-state index in [9.17, 15) is 0 Å². The first-order chi connectivity index (χ1) is 2.00. The van der Waals surface area contributed by atoms with Gasteiger partial charge in [0.15, 0.2) is 0 Å². The molecule has 0 aliphatic rings. The van der Waals surface area contributed by atoms with Gasteiger partial charge in [-0.05, 0) is 0 Å². The molecule has 0 unspecified atom stereocenters. The Labute approximate surface area is 89.6 Å². The first kappa shape index (κ1) is 102. The maximum absolute atomic E-state index is 8.55. The van der Waals surface area contributed by atoms with Crippen molar-refractivity contribution in [3.8, 4) is 0 Å². The van der Waals surface area contributed by atoms with E-state index in [2.05, 4.69) is 0 Å². The molecule has 11 nitrogen and oxygen atoms in total. The molecular formula is H16MgNO10P. The normalized spacial score (nSPS) is 4.54. The van der Waals surface area contributed by atoms with Crippen LogP contribution >= 0.6 is 7.82 Å². The van der Waals surface area contributed by atoms with Crippen molar-refractivity contribution in [2.75, 3.05) is 0 Å². The average molecular weight is 245 g/mol. The summed E-state index contributed by atoms with van der Waals surface area (Å²) in [6, 6.07) is 0. The van der Waals surface area contributed by atoms with Crippen molar-refractivity contribution in [3.63, 3.8) is 0 Å². The molecule has 0 aromatic carbocycles. The molecule has 0 aromatic heterocycles. The summed E-state index contributed by atoms with van der Waals surface area (Å²) in [4.78, 5) is 25.6. The summed E-state index contributed by atoms with van der Waals surface area (Å²) in [6.45, 7) is 0. The SMILES string of the molecule is O.O.O.O.O.O.O=P([O-])([O-])[O-].[Mg+2].[NH4+]. The van der Waals surface area contributed by atoms with Gasteiger partial charge in [-0.3, -0.25) is 0 Å². The molecule has 0 radical (unpaired) electrons. The van der Waals surface area contributed by atoms with Gasteiger partial charge in [0.1, 0.15) is 0 Å². The predicted molar refractivity (Wildman–Crippen MR) is 41.0 cm³/mol. The summed E-state index contributed by atoms with van der Waals surface area (Å²) in [5.41, 5.74) is 0. The van der Waals surface area contributed by atoms with Crippen LogP contribution in [0.15, 0.2) is 0 Å². The minimum absolute atomic E-state index is 0. The van der Waals surface area contributed by atoms with Crippen molar-refractivity contribution in [3.05, 3.63) is 0 Å². The number of rotatable bonds is 0. The van der Waals surface area contributed by atoms with Crippen LogP contribution in [0.25, 0.3) is 0 Å². The second-order valence-electron chi connectivity index (χ2n) is 0.447. The van der Waals surface area contributed by atoms with Crippen LogP contribution < -0.4 is 20.8 Å². The molecule has 0 heterocycles. The van der Waals surface area contributed by atoms with Crippen molar-refractivity contribution in [1.82, 2.24) is 6.15 Å². The Kier molecular flexibility index (Phi) is 306. The summed E-state index contributed by atoms with van der Waals surface area (Å²) >= 11 is 0. The molecule has 0 rings (SSSR count). The van der Waals surface area contributed by atoms with Crippen LogP contribution in [0, 0.1) is 0 Å². The number of phosphoric acid groups is 1. The summed E-state index contributed by atoms with van der Waals surface area (Å²) in [5.74, 6) is 0. The fourth-order valence-electron chi connectivity index (χ4n) is 0. The zero-order valence-corrected chi connectivity index (χ0v) is 9.10. The van der Waals surface area contributed by atoms with E-state index >= 15 is 0 Å². The number of hydrogen-bond donors (Lipinski definition) is 1. The standard InChI is InChI=1S/Mg.H3N.H3O4P.6H2O/c;;1-5(2,3)4;;;;;;/h;1H3;(H3,1,2,3,4);6*1H2/q+2;;;;;;;;/p-2. The van der Waals surface area contributed by atoms with Gasteiger partial charge in [0.25, 0.3) is 0 Å². The Hall–Kier alpha value is 0.596. The molecule has 0 saturated heterocycles. The molecule has 0 bridgehead atoms. The first-order valence-corrected chi connectivity index (χ1v) is 2.19. The largest absolute Gasteiger partial charge is 2.00 e. The second kappa shape index (κ2) is 38.9. The molecule has 0 fully saturated rings. The minimum Gasteiger partial charge on any atom is -0.822 e. The van der Waals surface area contributed by atoms with Crippen LogP contribution in [0.2, 0.25) is 0 Å². The molecule has 0 atom stereocenters. The van der Waals surface area contributed by atoms with Crippen molar-refractivity contribution in [2.45, 2.75) is 0 Å². The fraction of sp³-hybridized carbons (Fsp3) is 0. The van der Waals surface area contributed by atoms with Gasteiger partial charge < -0.3 is 58.3 Å². The summed E-state index contributed by atoms with van der Waals surface area (Å²) < 4.78 is 8.55. The van der Waals surface area contributed by atoms with Crippen molar-refractivity contribution in [1.29, 1.82) is 0 Å². The van der Waals surface area contributed by atoms with E-state index in [4.69, 9.17) is 19.2 Å². The molecule has 0 saturated carbocycles. The summed E-state index contributed by atoms with van der Waals surface area (Å²) in [5, 5.41) is 0. The van der Waals surface area contributed by atoms with Gasteiger partial charge in [0.05, 0.1) is 0 Å². The predicted octanol–water partition coefficient (Wildman–Crippen LogP) is -7.78. The van der Waals surface area contributed by atoms with Gasteiger partial charge in [-0.2, -0.15) is 7.82 Å². The van der Waals surface area contributed by atoms with Gasteiger partial charge >= 0.3 is 23.1 Å². The smallest absolute Gasteiger partial charge is 0.822 e. The molecule has 13 heavy (non-hydrogen) atoms. The van der Waals surface area contributed by atoms with E-state index in [0.717, 1.165) is 0 Å². The van der Waals surface area contributed by atoms with E-state index in [1.165, 1.54) is 0 Å². The fourth-order valence-corrected chi connectivity index (χ4v) is 0. The molecule has 88 valence electrons. The summed E-state index contributed by atoms with van der Waals surface area (Å²) in [7, 11) is -5.39. The molecule has 0 aliphatic heterocycles. The van der Waals surface area contributed by atoms with E-state index < -0.39 is 7.82 Å². The Balaban J connectivity index is -0.00000000286. The number of quaternary nitrogens is 1. The maximum Gasteiger partial charge on any atom is 2.00 e. The molecule has 13 heteroatoms. The van der Waals surface area contributed by atoms with Gasteiger partial charge in [-0.1, -0.05) is 0 Å². The van der Waals surface area contributed by atoms with Crippen molar-refractivity contribution in [2.24, 2.45) is 0 Å². The molecule has 0 aliphatic carbocycles. The minimum atomic E-state index is -5.39. The Morgan fingerprint density at radius 1 is 0.692 bits per heavy atom. The maximum atomic E-state index is 8.55. The Morgan fingerprint density at radius 3 is 0.692 bits per heavy atom. The Morgan fingerprint density at radius 2 is 0.692 bits per heavy atom. The van der Waals surface area contributed by atoms with E-state index in [1.54, 1.807) is 0 Å². The third-order valence-electron chi connectivity index (χ3n) is 0. The molecule has 0 aromatic rings. The van der Waals surface area contributed by atoms with E-state index in [0.29, 0.717) is 0 Å². The number of hydrogen-bond acceptors (Lipinski definition) is 4. The zero-order valence-electron chi connectivity index (χ0n) is 6.79. The molecule has 0 spiro atoms. The van der Waals surface area contributed by atoms with Crippen molar-refractivity contribution >= 4 is 30.9 Å². The van der Waals surface area contributed by atoms with E-state index in [-0.39, 0.29) is 62.1 Å². The van der Waals surface area contributed by atoms with Crippen LogP contribution in [-0.2, 0) is 4.57 Å². The van der Waals surface area contributed by atoms with Crippen LogP contribution in [0.3, 0.4) is 0 Å². The van der Waals surface area contributed by atoms with Crippen molar-refractivity contribution < 1.29 is 52.1 Å². The van der Waals surface area contributed by atoms with Crippen LogP contribution in [0.1, 0.15) is 0 Å². The third-order valence-corrected chi connectivity index (χ3v) is 0. The molecule has 16 N–H and O–H groups in total. The monoisotopic (exact) mass is 245 g/mol. The topological polar surface area (TPSA) is 312 Å². The van der Waals surface area contributed by atoms with Crippen LogP contribution in [0.5, 0.6) is 0 Å². The third kappa shape index (κ3) is 3980. The van der Waals surface area contributed by atoms with Crippen LogP contribution in [0.4, 0.5) is 0 Å². The Bertz CT molecular complexity index is 61.1. The van der Waals surface area contributed by atoms with Gasteiger partial charge in [-0.25, -0.2) is 0 Å². The zero-order chi connectivity index (χ0) is 4.50. The van der Waals surface area contributed by atoms with Crippen LogP contribution in [-0.4, -0.2) is 55.9 Å². The second-order valence-corrected chi connectivity index (χ2v) is 1.34. The van der Waals surface area contributed by atoms with E-state index in [1.807, 2.05) is 0 Å².